The summed E-state index contributed by atoms with van der Waals surface area (Å²) < 4.78 is 1.75. The first-order valence-electron chi connectivity index (χ1n) is 7.49. The zero-order valence-corrected chi connectivity index (χ0v) is 13.9. The number of rotatable bonds is 4. The van der Waals surface area contributed by atoms with E-state index in [0.717, 1.165) is 34.2 Å². The van der Waals surface area contributed by atoms with Gasteiger partial charge < -0.3 is 0 Å². The van der Waals surface area contributed by atoms with E-state index in [4.69, 9.17) is 0 Å². The summed E-state index contributed by atoms with van der Waals surface area (Å²) in [6, 6.07) is 4.01. The molecule has 3 aromatic heterocycles. The number of aromatic nitrogens is 3. The molecule has 0 unspecified atom stereocenters. The molecule has 0 aliphatic carbocycles. The van der Waals surface area contributed by atoms with Crippen LogP contribution in [0, 0.1) is 6.92 Å². The van der Waals surface area contributed by atoms with Gasteiger partial charge in [-0.3, -0.25) is 14.3 Å². The minimum atomic E-state index is 0.0542. The van der Waals surface area contributed by atoms with Gasteiger partial charge in [-0.1, -0.05) is 13.0 Å². The van der Waals surface area contributed by atoms with Crippen molar-refractivity contribution in [2.75, 3.05) is 0 Å². The van der Waals surface area contributed by atoms with E-state index in [1.807, 2.05) is 25.3 Å². The zero-order chi connectivity index (χ0) is 15.7. The van der Waals surface area contributed by atoms with Crippen LogP contribution in [-0.2, 0) is 12.8 Å². The van der Waals surface area contributed by atoms with Gasteiger partial charge >= 0.3 is 0 Å². The molecule has 3 aromatic rings. The molecule has 0 spiro atoms. The smallest absolute Gasteiger partial charge is 0.262 e. The van der Waals surface area contributed by atoms with Crippen LogP contribution in [0.15, 0.2) is 35.6 Å². The van der Waals surface area contributed by atoms with E-state index >= 15 is 0 Å². The highest BCUT2D eigenvalue weighted by atomic mass is 32.1. The second kappa shape index (κ2) is 6.01. The predicted octanol–water partition coefficient (Wildman–Crippen LogP) is 3.53. The van der Waals surface area contributed by atoms with Crippen molar-refractivity contribution in [1.29, 1.82) is 0 Å². The fraction of sp³-hybridized carbons (Fsp3) is 0.353. The highest BCUT2D eigenvalue weighted by Gasteiger charge is 2.16. The van der Waals surface area contributed by atoms with Gasteiger partial charge in [-0.25, -0.2) is 4.98 Å². The Kier molecular flexibility index (Phi) is 4.07. The van der Waals surface area contributed by atoms with Crippen LogP contribution < -0.4 is 5.56 Å². The second-order valence-corrected chi connectivity index (χ2v) is 6.75. The third-order valence-corrected chi connectivity index (χ3v) is 5.08. The fourth-order valence-electron chi connectivity index (χ4n) is 2.87. The lowest BCUT2D eigenvalue weighted by Gasteiger charge is -2.14. The Hall–Kier alpha value is -2.01. The maximum atomic E-state index is 12.9. The molecule has 3 rings (SSSR count). The van der Waals surface area contributed by atoms with Crippen molar-refractivity contribution in [3.05, 3.63) is 57.2 Å². The molecule has 0 saturated heterocycles. The van der Waals surface area contributed by atoms with Crippen molar-refractivity contribution < 1.29 is 0 Å². The number of hydrogen-bond donors (Lipinski definition) is 0. The number of hydrogen-bond acceptors (Lipinski definition) is 4. The van der Waals surface area contributed by atoms with Crippen molar-refractivity contribution in [3.8, 4) is 0 Å². The molecule has 3 heterocycles. The normalized spacial score (nSPS) is 12.7. The monoisotopic (exact) mass is 313 g/mol. The Balaban J connectivity index is 2.04. The minimum absolute atomic E-state index is 0.0542. The summed E-state index contributed by atoms with van der Waals surface area (Å²) in [7, 11) is 0. The molecule has 0 radical (unpaired) electrons. The molecule has 4 nitrogen and oxygen atoms in total. The summed E-state index contributed by atoms with van der Waals surface area (Å²) >= 11 is 1.61. The van der Waals surface area contributed by atoms with Gasteiger partial charge in [0, 0.05) is 23.3 Å². The quantitative estimate of drug-likeness (QED) is 0.740. The highest BCUT2D eigenvalue weighted by molar-refractivity contribution is 7.18. The molecule has 22 heavy (non-hydrogen) atoms. The highest BCUT2D eigenvalue weighted by Crippen LogP contribution is 2.27. The van der Waals surface area contributed by atoms with Crippen LogP contribution in [0.4, 0.5) is 0 Å². The molecule has 0 saturated carbocycles. The predicted molar refractivity (Wildman–Crippen MR) is 90.6 cm³/mol. The van der Waals surface area contributed by atoms with Gasteiger partial charge in [0.05, 0.1) is 11.7 Å². The third-order valence-electron chi connectivity index (χ3n) is 4.02. The van der Waals surface area contributed by atoms with Gasteiger partial charge in [-0.2, -0.15) is 0 Å². The van der Waals surface area contributed by atoms with Crippen LogP contribution in [0.2, 0.25) is 0 Å². The van der Waals surface area contributed by atoms with E-state index in [2.05, 4.69) is 23.8 Å². The molecule has 5 heteroatoms. The molecule has 1 atom stereocenters. The standard InChI is InChI=1S/C17H19N3OS/c1-4-14-12(3)22-16-15(14)17(21)20(10-19-16)11(2)8-13-6-5-7-18-9-13/h5-7,9-11H,4,8H2,1-3H3/t11-/m1/s1. The van der Waals surface area contributed by atoms with Gasteiger partial charge in [-0.05, 0) is 43.9 Å². The Morgan fingerprint density at radius 2 is 2.23 bits per heavy atom. The Morgan fingerprint density at radius 3 is 2.91 bits per heavy atom. The first-order chi connectivity index (χ1) is 10.6. The van der Waals surface area contributed by atoms with E-state index in [9.17, 15) is 4.79 Å². The first-order valence-corrected chi connectivity index (χ1v) is 8.31. The minimum Gasteiger partial charge on any atom is -0.295 e. The van der Waals surface area contributed by atoms with Crippen LogP contribution in [0.5, 0.6) is 0 Å². The summed E-state index contributed by atoms with van der Waals surface area (Å²) in [5, 5.41) is 0.797. The summed E-state index contributed by atoms with van der Waals surface area (Å²) in [5.74, 6) is 0. The summed E-state index contributed by atoms with van der Waals surface area (Å²) in [6.45, 7) is 6.20. The molecule has 0 amide bonds. The molecule has 114 valence electrons. The van der Waals surface area contributed by atoms with E-state index in [1.54, 1.807) is 28.4 Å². The number of nitrogens with zero attached hydrogens (tertiary/aromatic N) is 3. The third kappa shape index (κ3) is 2.57. The Labute approximate surface area is 133 Å². The maximum Gasteiger partial charge on any atom is 0.262 e. The lowest BCUT2D eigenvalue weighted by molar-refractivity contribution is 0.522. The molecule has 0 aromatic carbocycles. The van der Waals surface area contributed by atoms with Gasteiger partial charge in [0.2, 0.25) is 0 Å². The van der Waals surface area contributed by atoms with Gasteiger partial charge in [-0.15, -0.1) is 11.3 Å². The lowest BCUT2D eigenvalue weighted by atomic mass is 10.1. The summed E-state index contributed by atoms with van der Waals surface area (Å²) in [5.41, 5.74) is 2.34. The number of pyridine rings is 1. The van der Waals surface area contributed by atoms with Crippen LogP contribution in [0.1, 0.15) is 35.9 Å². The average molecular weight is 313 g/mol. The van der Waals surface area contributed by atoms with Gasteiger partial charge in [0.15, 0.2) is 0 Å². The second-order valence-electron chi connectivity index (χ2n) is 5.54. The first kappa shape index (κ1) is 14.9. The number of thiophene rings is 1. The van der Waals surface area contributed by atoms with Crippen molar-refractivity contribution in [3.63, 3.8) is 0 Å². The maximum absolute atomic E-state index is 12.9. The molecular weight excluding hydrogens is 294 g/mol. The molecular formula is C17H19N3OS. The van der Waals surface area contributed by atoms with Crippen LogP contribution in [0.25, 0.3) is 10.2 Å². The van der Waals surface area contributed by atoms with Crippen LogP contribution in [0.3, 0.4) is 0 Å². The molecule has 0 fully saturated rings. The van der Waals surface area contributed by atoms with Gasteiger partial charge in [0.25, 0.3) is 5.56 Å². The van der Waals surface area contributed by atoms with Gasteiger partial charge in [0.1, 0.15) is 4.83 Å². The van der Waals surface area contributed by atoms with Crippen LogP contribution in [-0.4, -0.2) is 14.5 Å². The van der Waals surface area contributed by atoms with Crippen molar-refractivity contribution in [1.82, 2.24) is 14.5 Å². The number of fused-ring (bicyclic) bond motifs is 1. The van der Waals surface area contributed by atoms with E-state index < -0.39 is 0 Å². The summed E-state index contributed by atoms with van der Waals surface area (Å²) in [6.07, 6.45) is 6.92. The Bertz CT molecular complexity index is 851. The van der Waals surface area contributed by atoms with E-state index in [-0.39, 0.29) is 11.6 Å². The average Bonchev–Trinajstić information content (AvgIpc) is 2.84. The molecule has 0 aliphatic rings. The van der Waals surface area contributed by atoms with Crippen molar-refractivity contribution >= 4 is 21.6 Å². The largest absolute Gasteiger partial charge is 0.295 e. The molecule has 0 bridgehead atoms. The van der Waals surface area contributed by atoms with Crippen LogP contribution >= 0.6 is 11.3 Å². The summed E-state index contributed by atoms with van der Waals surface area (Å²) in [4.78, 5) is 23.5. The number of aryl methyl sites for hydroxylation is 2. The molecule has 0 N–H and O–H groups in total. The fourth-order valence-corrected chi connectivity index (χ4v) is 3.94. The van der Waals surface area contributed by atoms with E-state index in [0.29, 0.717) is 0 Å². The Morgan fingerprint density at radius 1 is 1.41 bits per heavy atom. The lowest BCUT2D eigenvalue weighted by Crippen LogP contribution is -2.25. The molecule has 0 aliphatic heterocycles. The van der Waals surface area contributed by atoms with Crippen molar-refractivity contribution in [2.24, 2.45) is 0 Å². The van der Waals surface area contributed by atoms with E-state index in [1.165, 1.54) is 4.88 Å². The topological polar surface area (TPSA) is 47.8 Å². The SMILES string of the molecule is CCc1c(C)sc2ncn([C@H](C)Cc3cccnc3)c(=O)c12. The van der Waals surface area contributed by atoms with Crippen molar-refractivity contribution in [2.45, 2.75) is 39.7 Å². The zero-order valence-electron chi connectivity index (χ0n) is 13.0.